The summed E-state index contributed by atoms with van der Waals surface area (Å²) < 4.78 is 0. The minimum atomic E-state index is 0.901. The van der Waals surface area contributed by atoms with E-state index in [4.69, 9.17) is 4.98 Å². The van der Waals surface area contributed by atoms with Gasteiger partial charge in [-0.25, -0.2) is 9.97 Å². The van der Waals surface area contributed by atoms with Gasteiger partial charge in [0, 0.05) is 22.4 Å². The maximum atomic E-state index is 4.69. The Morgan fingerprint density at radius 3 is 2.50 bits per heavy atom. The predicted octanol–water partition coefficient (Wildman–Crippen LogP) is 3.95. The molecule has 2 heterocycles. The number of hydrogen-bond acceptors (Lipinski definition) is 4. The fourth-order valence-corrected chi connectivity index (χ4v) is 2.43. The molecular weight excluding hydrogens is 242 g/mol. The third-order valence-electron chi connectivity index (χ3n) is 2.85. The van der Waals surface area contributed by atoms with Gasteiger partial charge in [0.1, 0.15) is 5.69 Å². The molecule has 1 N–H and O–H groups in total. The Balaban J connectivity index is 2.46. The Kier molecular flexibility index (Phi) is 3.97. The van der Waals surface area contributed by atoms with Crippen LogP contribution in [0.15, 0.2) is 11.4 Å². The first-order valence-corrected chi connectivity index (χ1v) is 7.14. The molecule has 0 unspecified atom stereocenters. The second-order valence-corrected chi connectivity index (χ2v) is 5.58. The van der Waals surface area contributed by atoms with E-state index in [1.807, 2.05) is 13.8 Å². The number of anilines is 1. The predicted molar refractivity (Wildman–Crippen MR) is 78.3 cm³/mol. The fourth-order valence-electron chi connectivity index (χ4n) is 1.74. The van der Waals surface area contributed by atoms with Gasteiger partial charge in [-0.1, -0.05) is 6.92 Å². The SMILES string of the molecule is CCCNc1nc(C)c(C)nc1-c1csc(C)c1. The second kappa shape index (κ2) is 5.48. The molecular formula is C14H19N3S. The molecule has 2 rings (SSSR count). The summed E-state index contributed by atoms with van der Waals surface area (Å²) in [5, 5.41) is 5.51. The number of nitrogens with one attached hydrogen (secondary N) is 1. The smallest absolute Gasteiger partial charge is 0.152 e. The zero-order valence-electron chi connectivity index (χ0n) is 11.4. The van der Waals surface area contributed by atoms with Crippen LogP contribution in [-0.2, 0) is 0 Å². The van der Waals surface area contributed by atoms with E-state index in [2.05, 4.69) is 35.6 Å². The quantitative estimate of drug-likeness (QED) is 0.905. The van der Waals surface area contributed by atoms with Crippen LogP contribution in [0.3, 0.4) is 0 Å². The van der Waals surface area contributed by atoms with Gasteiger partial charge >= 0.3 is 0 Å². The van der Waals surface area contributed by atoms with Gasteiger partial charge in [-0.05, 0) is 33.3 Å². The van der Waals surface area contributed by atoms with Crippen molar-refractivity contribution < 1.29 is 0 Å². The van der Waals surface area contributed by atoms with Gasteiger partial charge in [0.15, 0.2) is 5.82 Å². The Morgan fingerprint density at radius 1 is 1.17 bits per heavy atom. The summed E-state index contributed by atoms with van der Waals surface area (Å²) in [6.07, 6.45) is 1.08. The number of aromatic nitrogens is 2. The van der Waals surface area contributed by atoms with Gasteiger partial charge in [0.25, 0.3) is 0 Å². The van der Waals surface area contributed by atoms with E-state index in [-0.39, 0.29) is 0 Å². The lowest BCUT2D eigenvalue weighted by atomic mass is 10.2. The molecule has 0 fully saturated rings. The van der Waals surface area contributed by atoms with Crippen LogP contribution in [0.1, 0.15) is 29.6 Å². The standard InChI is InChI=1S/C14H19N3S/c1-5-6-15-14-13(12-7-9(2)18-8-12)16-10(3)11(4)17-14/h7-8H,5-6H2,1-4H3,(H,15,17). The van der Waals surface area contributed by atoms with Crippen molar-refractivity contribution in [2.45, 2.75) is 34.1 Å². The zero-order chi connectivity index (χ0) is 13.1. The van der Waals surface area contributed by atoms with Crippen LogP contribution in [-0.4, -0.2) is 16.5 Å². The normalized spacial score (nSPS) is 10.7. The van der Waals surface area contributed by atoms with Crippen LogP contribution in [0.5, 0.6) is 0 Å². The maximum Gasteiger partial charge on any atom is 0.152 e. The molecule has 96 valence electrons. The first kappa shape index (κ1) is 13.0. The van der Waals surface area contributed by atoms with Crippen LogP contribution >= 0.6 is 11.3 Å². The van der Waals surface area contributed by atoms with E-state index in [0.717, 1.165) is 41.4 Å². The van der Waals surface area contributed by atoms with Crippen LogP contribution in [0.25, 0.3) is 11.3 Å². The third kappa shape index (κ3) is 2.70. The van der Waals surface area contributed by atoms with Crippen molar-refractivity contribution in [3.05, 3.63) is 27.7 Å². The molecule has 0 amide bonds. The highest BCUT2D eigenvalue weighted by molar-refractivity contribution is 7.10. The molecule has 0 aliphatic carbocycles. The molecule has 0 aromatic carbocycles. The highest BCUT2D eigenvalue weighted by Gasteiger charge is 2.11. The monoisotopic (exact) mass is 261 g/mol. The molecule has 0 radical (unpaired) electrons. The summed E-state index contributed by atoms with van der Waals surface area (Å²) >= 11 is 1.75. The first-order valence-electron chi connectivity index (χ1n) is 6.26. The Bertz CT molecular complexity index is 546. The molecule has 0 saturated carbocycles. The lowest BCUT2D eigenvalue weighted by Crippen LogP contribution is -2.07. The van der Waals surface area contributed by atoms with Crippen molar-refractivity contribution in [1.29, 1.82) is 0 Å². The molecule has 0 aliphatic rings. The summed E-state index contributed by atoms with van der Waals surface area (Å²) in [5.74, 6) is 0.901. The van der Waals surface area contributed by atoms with Gasteiger partial charge in [-0.2, -0.15) is 0 Å². The first-order chi connectivity index (χ1) is 8.61. The van der Waals surface area contributed by atoms with Crippen LogP contribution in [0.2, 0.25) is 0 Å². The van der Waals surface area contributed by atoms with Crippen LogP contribution < -0.4 is 5.32 Å². The summed E-state index contributed by atoms with van der Waals surface area (Å²) in [6.45, 7) is 9.20. The number of nitrogens with zero attached hydrogens (tertiary/aromatic N) is 2. The van der Waals surface area contributed by atoms with Crippen molar-refractivity contribution in [3.63, 3.8) is 0 Å². The largest absolute Gasteiger partial charge is 0.368 e. The molecule has 0 atom stereocenters. The average molecular weight is 261 g/mol. The van der Waals surface area contributed by atoms with E-state index < -0.39 is 0 Å². The Morgan fingerprint density at radius 2 is 1.89 bits per heavy atom. The lowest BCUT2D eigenvalue weighted by molar-refractivity contribution is 0.953. The van der Waals surface area contributed by atoms with E-state index in [0.29, 0.717) is 0 Å². The highest BCUT2D eigenvalue weighted by Crippen LogP contribution is 2.29. The third-order valence-corrected chi connectivity index (χ3v) is 3.71. The number of hydrogen-bond donors (Lipinski definition) is 1. The Hall–Kier alpha value is -1.42. The fraction of sp³-hybridized carbons (Fsp3) is 0.429. The van der Waals surface area contributed by atoms with Gasteiger partial charge in [-0.15, -0.1) is 11.3 Å². The van der Waals surface area contributed by atoms with E-state index in [1.165, 1.54) is 4.88 Å². The molecule has 0 spiro atoms. The summed E-state index contributed by atoms with van der Waals surface area (Å²) in [7, 11) is 0. The zero-order valence-corrected chi connectivity index (χ0v) is 12.2. The van der Waals surface area contributed by atoms with Crippen molar-refractivity contribution in [2.24, 2.45) is 0 Å². The van der Waals surface area contributed by atoms with Gasteiger partial charge in [0.05, 0.1) is 11.4 Å². The van der Waals surface area contributed by atoms with Crippen LogP contribution in [0.4, 0.5) is 5.82 Å². The molecule has 2 aromatic heterocycles. The number of thiophene rings is 1. The highest BCUT2D eigenvalue weighted by atomic mass is 32.1. The molecule has 2 aromatic rings. The van der Waals surface area contributed by atoms with Crippen molar-refractivity contribution >= 4 is 17.2 Å². The summed E-state index contributed by atoms with van der Waals surface area (Å²) in [4.78, 5) is 10.6. The topological polar surface area (TPSA) is 37.8 Å². The molecule has 18 heavy (non-hydrogen) atoms. The molecule has 0 bridgehead atoms. The minimum Gasteiger partial charge on any atom is -0.368 e. The molecule has 0 saturated heterocycles. The van der Waals surface area contributed by atoms with E-state index >= 15 is 0 Å². The van der Waals surface area contributed by atoms with Crippen molar-refractivity contribution in [2.75, 3.05) is 11.9 Å². The van der Waals surface area contributed by atoms with Gasteiger partial charge in [-0.3, -0.25) is 0 Å². The van der Waals surface area contributed by atoms with Gasteiger partial charge in [0.2, 0.25) is 0 Å². The number of aryl methyl sites for hydroxylation is 3. The molecule has 4 heteroatoms. The maximum absolute atomic E-state index is 4.69. The van der Waals surface area contributed by atoms with E-state index in [9.17, 15) is 0 Å². The lowest BCUT2D eigenvalue weighted by Gasteiger charge is -2.11. The van der Waals surface area contributed by atoms with Crippen molar-refractivity contribution in [1.82, 2.24) is 9.97 Å². The van der Waals surface area contributed by atoms with E-state index in [1.54, 1.807) is 11.3 Å². The molecule has 0 aliphatic heterocycles. The van der Waals surface area contributed by atoms with Crippen LogP contribution in [0, 0.1) is 20.8 Å². The average Bonchev–Trinajstić information content (AvgIpc) is 2.77. The summed E-state index contributed by atoms with van der Waals surface area (Å²) in [5.41, 5.74) is 4.11. The second-order valence-electron chi connectivity index (χ2n) is 4.46. The Labute approximate surface area is 112 Å². The number of rotatable bonds is 4. The van der Waals surface area contributed by atoms with Gasteiger partial charge < -0.3 is 5.32 Å². The van der Waals surface area contributed by atoms with Crippen molar-refractivity contribution in [3.8, 4) is 11.3 Å². The minimum absolute atomic E-state index is 0.901. The molecule has 3 nitrogen and oxygen atoms in total. The summed E-state index contributed by atoms with van der Waals surface area (Å²) in [6, 6.07) is 2.17.